The molecule has 0 fully saturated rings. The standard InChI is InChI=1S/C16H26N2O8/c1-13(17(6-8-24-21)7-9-25-22)10-18(11-16(19)20)15-5-3-2-4-14(15)12-26-23/h2-5,13,21-23H,6-12H2,1H3,(H,19,20). The van der Waals surface area contributed by atoms with Gasteiger partial charge in [0.25, 0.3) is 0 Å². The number of anilines is 1. The van der Waals surface area contributed by atoms with Gasteiger partial charge in [-0.2, -0.15) is 0 Å². The largest absolute Gasteiger partial charge is 0.480 e. The van der Waals surface area contributed by atoms with Gasteiger partial charge in [-0.05, 0) is 13.0 Å². The average Bonchev–Trinajstić information content (AvgIpc) is 2.61. The molecule has 148 valence electrons. The topological polar surface area (TPSA) is 132 Å². The number of hydrogen-bond donors (Lipinski definition) is 4. The first-order chi connectivity index (χ1) is 12.5. The van der Waals surface area contributed by atoms with Crippen LogP contribution in [0.1, 0.15) is 12.5 Å². The van der Waals surface area contributed by atoms with Crippen LogP contribution in [0.4, 0.5) is 5.69 Å². The van der Waals surface area contributed by atoms with Gasteiger partial charge in [-0.3, -0.25) is 25.5 Å². The quantitative estimate of drug-likeness (QED) is 0.278. The molecule has 26 heavy (non-hydrogen) atoms. The van der Waals surface area contributed by atoms with Crippen LogP contribution in [-0.4, -0.2) is 77.2 Å². The number of para-hydroxylation sites is 1. The highest BCUT2D eigenvalue weighted by molar-refractivity contribution is 5.74. The molecule has 0 spiro atoms. The van der Waals surface area contributed by atoms with Crippen LogP contribution >= 0.6 is 0 Å². The van der Waals surface area contributed by atoms with Gasteiger partial charge in [0.05, 0.1) is 13.2 Å². The molecule has 0 saturated heterocycles. The molecule has 0 aliphatic carbocycles. The summed E-state index contributed by atoms with van der Waals surface area (Å²) in [6.45, 7) is 2.76. The second kappa shape index (κ2) is 12.5. The van der Waals surface area contributed by atoms with Crippen LogP contribution < -0.4 is 4.90 Å². The summed E-state index contributed by atoms with van der Waals surface area (Å²) >= 11 is 0. The predicted octanol–water partition coefficient (Wildman–Crippen LogP) is 1.24. The van der Waals surface area contributed by atoms with Crippen LogP contribution in [0.5, 0.6) is 0 Å². The van der Waals surface area contributed by atoms with Crippen molar-refractivity contribution >= 4 is 11.7 Å². The number of carboxylic acids is 1. The van der Waals surface area contributed by atoms with Gasteiger partial charge in [0.1, 0.15) is 13.2 Å². The molecular weight excluding hydrogens is 348 g/mol. The highest BCUT2D eigenvalue weighted by atomic mass is 17.1. The number of carboxylic acid groups (broad SMARTS) is 1. The van der Waals surface area contributed by atoms with Crippen molar-refractivity contribution in [3.05, 3.63) is 29.8 Å². The van der Waals surface area contributed by atoms with Crippen LogP contribution in [-0.2, 0) is 26.1 Å². The van der Waals surface area contributed by atoms with Crippen molar-refractivity contribution < 1.29 is 40.3 Å². The maximum atomic E-state index is 11.3. The van der Waals surface area contributed by atoms with Crippen molar-refractivity contribution in [3.63, 3.8) is 0 Å². The SMILES string of the molecule is CC(CN(CC(=O)O)c1ccccc1COO)N(CCOO)CCOO. The third kappa shape index (κ3) is 7.62. The molecule has 0 aliphatic heterocycles. The summed E-state index contributed by atoms with van der Waals surface area (Å²) in [5.41, 5.74) is 1.28. The summed E-state index contributed by atoms with van der Waals surface area (Å²) in [5, 5.41) is 35.1. The van der Waals surface area contributed by atoms with Crippen LogP contribution in [0.3, 0.4) is 0 Å². The van der Waals surface area contributed by atoms with Gasteiger partial charge in [0.2, 0.25) is 0 Å². The van der Waals surface area contributed by atoms with Crippen LogP contribution in [0, 0.1) is 0 Å². The number of aliphatic carboxylic acids is 1. The molecule has 10 nitrogen and oxygen atoms in total. The van der Waals surface area contributed by atoms with Crippen molar-refractivity contribution in [1.82, 2.24) is 4.90 Å². The van der Waals surface area contributed by atoms with E-state index in [1.54, 1.807) is 29.2 Å². The van der Waals surface area contributed by atoms with E-state index in [1.807, 2.05) is 11.8 Å². The molecule has 1 aromatic rings. The molecule has 0 radical (unpaired) electrons. The van der Waals surface area contributed by atoms with Crippen molar-refractivity contribution in [1.29, 1.82) is 0 Å². The molecule has 0 saturated carbocycles. The van der Waals surface area contributed by atoms with E-state index in [-0.39, 0.29) is 32.4 Å². The molecule has 10 heteroatoms. The molecule has 0 heterocycles. The Labute approximate surface area is 151 Å². The number of benzene rings is 1. The van der Waals surface area contributed by atoms with E-state index in [0.29, 0.717) is 30.9 Å². The molecule has 0 bridgehead atoms. The fraction of sp³-hybridized carbons (Fsp3) is 0.562. The minimum absolute atomic E-state index is 0.0592. The highest BCUT2D eigenvalue weighted by Crippen LogP contribution is 2.22. The fourth-order valence-electron chi connectivity index (χ4n) is 2.73. The zero-order valence-corrected chi connectivity index (χ0v) is 14.7. The maximum absolute atomic E-state index is 11.3. The van der Waals surface area contributed by atoms with E-state index in [1.165, 1.54) is 0 Å². The Hall–Kier alpha value is -1.79. The minimum atomic E-state index is -0.999. The van der Waals surface area contributed by atoms with Gasteiger partial charge >= 0.3 is 5.97 Å². The molecule has 0 amide bonds. The Morgan fingerprint density at radius 1 is 1.08 bits per heavy atom. The maximum Gasteiger partial charge on any atom is 0.323 e. The van der Waals surface area contributed by atoms with E-state index in [2.05, 4.69) is 14.7 Å². The van der Waals surface area contributed by atoms with Crippen LogP contribution in [0.2, 0.25) is 0 Å². The third-order valence-electron chi connectivity index (χ3n) is 3.93. The van der Waals surface area contributed by atoms with Gasteiger partial charge in [-0.1, -0.05) is 18.2 Å². The predicted molar refractivity (Wildman–Crippen MR) is 91.9 cm³/mol. The van der Waals surface area contributed by atoms with Gasteiger partial charge in [0.15, 0.2) is 0 Å². The fourth-order valence-corrected chi connectivity index (χ4v) is 2.73. The Kier molecular flexibility index (Phi) is 10.7. The molecular formula is C16H26N2O8. The van der Waals surface area contributed by atoms with Crippen molar-refractivity contribution in [2.45, 2.75) is 19.6 Å². The summed E-state index contributed by atoms with van der Waals surface area (Å²) in [6.07, 6.45) is 0. The van der Waals surface area contributed by atoms with Gasteiger partial charge in [0, 0.05) is 36.9 Å². The molecule has 4 N–H and O–H groups in total. The first-order valence-electron chi connectivity index (χ1n) is 8.11. The number of nitrogens with zero attached hydrogens (tertiary/aromatic N) is 2. The van der Waals surface area contributed by atoms with Crippen molar-refractivity contribution in [2.24, 2.45) is 0 Å². The molecule has 1 aromatic carbocycles. The van der Waals surface area contributed by atoms with E-state index in [4.69, 9.17) is 15.8 Å². The van der Waals surface area contributed by atoms with Gasteiger partial charge in [-0.15, -0.1) is 0 Å². The lowest BCUT2D eigenvalue weighted by atomic mass is 10.1. The Morgan fingerprint density at radius 2 is 1.69 bits per heavy atom. The summed E-state index contributed by atoms with van der Waals surface area (Å²) < 4.78 is 0. The van der Waals surface area contributed by atoms with E-state index in [0.717, 1.165) is 0 Å². The van der Waals surface area contributed by atoms with Gasteiger partial charge in [-0.25, -0.2) is 14.7 Å². The first kappa shape index (κ1) is 22.3. The van der Waals surface area contributed by atoms with Crippen LogP contribution in [0.15, 0.2) is 24.3 Å². The normalized spacial score (nSPS) is 12.3. The Morgan fingerprint density at radius 3 is 2.23 bits per heavy atom. The lowest BCUT2D eigenvalue weighted by molar-refractivity contribution is -0.252. The molecule has 1 rings (SSSR count). The summed E-state index contributed by atoms with van der Waals surface area (Å²) in [4.78, 5) is 27.3. The Balaban J connectivity index is 2.96. The van der Waals surface area contributed by atoms with Gasteiger partial charge < -0.3 is 10.0 Å². The first-order valence-corrected chi connectivity index (χ1v) is 8.11. The molecule has 0 aromatic heterocycles. The zero-order chi connectivity index (χ0) is 19.4. The highest BCUT2D eigenvalue weighted by Gasteiger charge is 2.21. The summed E-state index contributed by atoms with van der Waals surface area (Å²) in [5.74, 6) is -0.999. The van der Waals surface area contributed by atoms with E-state index < -0.39 is 5.97 Å². The zero-order valence-electron chi connectivity index (χ0n) is 14.7. The average molecular weight is 374 g/mol. The Bertz CT molecular complexity index is 523. The minimum Gasteiger partial charge on any atom is -0.480 e. The number of rotatable bonds is 14. The number of hydrogen-bond acceptors (Lipinski definition) is 9. The number of carbonyl (C=O) groups is 1. The summed E-state index contributed by atoms with van der Waals surface area (Å²) in [6, 6.07) is 6.88. The third-order valence-corrected chi connectivity index (χ3v) is 3.93. The van der Waals surface area contributed by atoms with Crippen LogP contribution in [0.25, 0.3) is 0 Å². The lowest BCUT2D eigenvalue weighted by Crippen LogP contribution is -2.46. The molecule has 1 unspecified atom stereocenters. The second-order valence-electron chi connectivity index (χ2n) is 5.73. The lowest BCUT2D eigenvalue weighted by Gasteiger charge is -2.34. The smallest absolute Gasteiger partial charge is 0.323 e. The summed E-state index contributed by atoms with van der Waals surface area (Å²) in [7, 11) is 0. The molecule has 0 aliphatic rings. The van der Waals surface area contributed by atoms with Crippen molar-refractivity contribution in [3.8, 4) is 0 Å². The van der Waals surface area contributed by atoms with E-state index in [9.17, 15) is 9.90 Å². The molecule has 1 atom stereocenters. The second-order valence-corrected chi connectivity index (χ2v) is 5.73. The van der Waals surface area contributed by atoms with Crippen molar-refractivity contribution in [2.75, 3.05) is 44.3 Å². The van der Waals surface area contributed by atoms with E-state index >= 15 is 0 Å². The monoisotopic (exact) mass is 374 g/mol.